The molecule has 0 aromatic rings. The molecule has 0 radical (unpaired) electrons. The predicted molar refractivity (Wildman–Crippen MR) is 142 cm³/mol. The third-order valence-electron chi connectivity index (χ3n) is 4.08. The fourth-order valence-electron chi connectivity index (χ4n) is 2.51. The number of esters is 4. The monoisotopic (exact) mass is 512 g/mol. The van der Waals surface area contributed by atoms with Crippen LogP contribution in [0.4, 0.5) is 0 Å². The van der Waals surface area contributed by atoms with E-state index in [0.29, 0.717) is 6.42 Å². The van der Waals surface area contributed by atoms with Crippen molar-refractivity contribution < 1.29 is 38.1 Å². The van der Waals surface area contributed by atoms with Gasteiger partial charge in [0.25, 0.3) is 0 Å². The number of hydrogen-bond acceptors (Lipinski definition) is 8. The highest BCUT2D eigenvalue weighted by atomic mass is 16.9. The van der Waals surface area contributed by atoms with E-state index in [9.17, 15) is 19.2 Å². The molecule has 0 heterocycles. The van der Waals surface area contributed by atoms with Crippen LogP contribution in [0.2, 0.25) is 0 Å². The molecule has 0 aromatic heterocycles. The molecule has 8 nitrogen and oxygen atoms in total. The van der Waals surface area contributed by atoms with Gasteiger partial charge in [-0.25, -0.2) is 19.2 Å². The van der Waals surface area contributed by atoms with Crippen molar-refractivity contribution >= 4 is 23.9 Å². The lowest BCUT2D eigenvalue weighted by Crippen LogP contribution is -2.54. The first kappa shape index (κ1) is 32.8. The van der Waals surface area contributed by atoms with Gasteiger partial charge in [0, 0.05) is 24.3 Å². The SMILES string of the molecule is C/C=C/C=C/C(=O)OC(CCC)C(OC(=O)/C=C/C=C/C)(OC(=O)/C=C/C=C/C)OC(=O)/C=C/C=C/C. The second kappa shape index (κ2) is 20.0. The van der Waals surface area contributed by atoms with Crippen molar-refractivity contribution in [3.8, 4) is 0 Å². The molecule has 0 rings (SSSR count). The standard InChI is InChI=1S/C29H36O8/c1-6-11-15-20-25(30)34-24(19-10-5)29(35-26(31)21-16-12-7-2,36-27(32)22-17-13-8-3)37-28(33)23-18-14-9-4/h6-9,11-18,20-24H,10,19H2,1-5H3/b11-6+,12-7+,13-8+,14-9+,20-15+,21-16+,22-17+,23-18+. The fourth-order valence-corrected chi connectivity index (χ4v) is 2.51. The van der Waals surface area contributed by atoms with Gasteiger partial charge in [0.1, 0.15) is 0 Å². The zero-order valence-corrected chi connectivity index (χ0v) is 22.0. The van der Waals surface area contributed by atoms with Gasteiger partial charge in [0.05, 0.1) is 0 Å². The predicted octanol–water partition coefficient (Wildman–Crippen LogP) is 5.51. The first-order chi connectivity index (χ1) is 17.8. The van der Waals surface area contributed by atoms with Crippen molar-refractivity contribution in [2.75, 3.05) is 0 Å². The Morgan fingerprint density at radius 1 is 0.568 bits per heavy atom. The lowest BCUT2D eigenvalue weighted by molar-refractivity contribution is -0.359. The van der Waals surface area contributed by atoms with Gasteiger partial charge in [0.15, 0.2) is 0 Å². The van der Waals surface area contributed by atoms with Gasteiger partial charge in [-0.05, 0) is 34.1 Å². The van der Waals surface area contributed by atoms with Gasteiger partial charge in [0.2, 0.25) is 6.10 Å². The molecule has 8 heteroatoms. The molecular formula is C29H36O8. The molecule has 1 unspecified atom stereocenters. The van der Waals surface area contributed by atoms with Crippen LogP contribution < -0.4 is 0 Å². The Morgan fingerprint density at radius 3 is 1.19 bits per heavy atom. The molecule has 0 aliphatic carbocycles. The summed E-state index contributed by atoms with van der Waals surface area (Å²) in [4.78, 5) is 50.5. The van der Waals surface area contributed by atoms with Crippen molar-refractivity contribution in [2.45, 2.75) is 59.5 Å². The second-order valence-corrected chi connectivity index (χ2v) is 7.12. The first-order valence-corrected chi connectivity index (χ1v) is 11.8. The van der Waals surface area contributed by atoms with Crippen LogP contribution in [0, 0.1) is 0 Å². The number of ether oxygens (including phenoxy) is 4. The summed E-state index contributed by atoms with van der Waals surface area (Å²) in [5.74, 6) is -6.56. The summed E-state index contributed by atoms with van der Waals surface area (Å²) in [6, 6.07) is 0. The van der Waals surface area contributed by atoms with Crippen LogP contribution in [-0.4, -0.2) is 36.0 Å². The Hall–Kier alpha value is -4.20. The minimum absolute atomic E-state index is 0.0206. The molecule has 0 aliphatic rings. The third-order valence-corrected chi connectivity index (χ3v) is 4.08. The van der Waals surface area contributed by atoms with Crippen LogP contribution in [0.3, 0.4) is 0 Å². The highest BCUT2D eigenvalue weighted by molar-refractivity contribution is 5.86. The van der Waals surface area contributed by atoms with E-state index in [1.807, 2.05) is 0 Å². The molecule has 0 fully saturated rings. The number of rotatable bonds is 15. The summed E-state index contributed by atoms with van der Waals surface area (Å²) >= 11 is 0. The summed E-state index contributed by atoms with van der Waals surface area (Å²) < 4.78 is 21.7. The molecular weight excluding hydrogens is 476 g/mol. The molecule has 37 heavy (non-hydrogen) atoms. The van der Waals surface area contributed by atoms with Crippen LogP contribution in [-0.2, 0) is 38.1 Å². The molecule has 0 N–H and O–H groups in total. The quantitative estimate of drug-likeness (QED) is 0.122. The minimum atomic E-state index is -2.72. The topological polar surface area (TPSA) is 105 Å². The van der Waals surface area contributed by atoms with Crippen LogP contribution in [0.5, 0.6) is 0 Å². The van der Waals surface area contributed by atoms with Crippen LogP contribution in [0.15, 0.2) is 97.2 Å². The van der Waals surface area contributed by atoms with E-state index in [2.05, 4.69) is 0 Å². The first-order valence-electron chi connectivity index (χ1n) is 11.8. The van der Waals surface area contributed by atoms with E-state index in [1.54, 1.807) is 83.2 Å². The number of allylic oxidation sites excluding steroid dienone is 12. The maximum Gasteiger partial charge on any atom is 0.463 e. The lowest BCUT2D eigenvalue weighted by Gasteiger charge is -2.35. The molecule has 0 aliphatic heterocycles. The molecule has 0 spiro atoms. The van der Waals surface area contributed by atoms with Crippen molar-refractivity contribution in [3.05, 3.63) is 97.2 Å². The van der Waals surface area contributed by atoms with Crippen molar-refractivity contribution in [1.82, 2.24) is 0 Å². The summed E-state index contributed by atoms with van der Waals surface area (Å²) in [6.07, 6.45) is 21.8. The van der Waals surface area contributed by atoms with Gasteiger partial charge >= 0.3 is 29.9 Å². The van der Waals surface area contributed by atoms with Crippen LogP contribution >= 0.6 is 0 Å². The maximum atomic E-state index is 12.7. The fraction of sp³-hybridized carbons (Fsp3) is 0.310. The van der Waals surface area contributed by atoms with Gasteiger partial charge in [-0.2, -0.15) is 0 Å². The summed E-state index contributed by atoms with van der Waals surface area (Å²) in [5.41, 5.74) is 0. The average Bonchev–Trinajstić information content (AvgIpc) is 2.84. The maximum absolute atomic E-state index is 12.7. The molecule has 0 saturated carbocycles. The van der Waals surface area contributed by atoms with Crippen molar-refractivity contribution in [2.24, 2.45) is 0 Å². The van der Waals surface area contributed by atoms with Crippen LogP contribution in [0.25, 0.3) is 0 Å². The molecule has 200 valence electrons. The van der Waals surface area contributed by atoms with Gasteiger partial charge in [-0.1, -0.05) is 86.3 Å². The number of carbonyl (C=O) groups excluding carboxylic acids is 4. The molecule has 0 bridgehead atoms. The zero-order chi connectivity index (χ0) is 27.9. The van der Waals surface area contributed by atoms with Gasteiger partial charge in [-0.15, -0.1) is 0 Å². The van der Waals surface area contributed by atoms with E-state index in [-0.39, 0.29) is 6.42 Å². The number of carbonyl (C=O) groups is 4. The van der Waals surface area contributed by atoms with E-state index >= 15 is 0 Å². The molecule has 0 aromatic carbocycles. The Labute approximate surface area is 219 Å². The Bertz CT molecular complexity index is 886. The number of hydrogen-bond donors (Lipinski definition) is 0. The Morgan fingerprint density at radius 2 is 0.892 bits per heavy atom. The Kier molecular flexibility index (Phi) is 17.8. The van der Waals surface area contributed by atoms with E-state index in [4.69, 9.17) is 18.9 Å². The van der Waals surface area contributed by atoms with E-state index < -0.39 is 36.0 Å². The molecule has 1 atom stereocenters. The molecule has 0 saturated heterocycles. The summed E-state index contributed by atoms with van der Waals surface area (Å²) in [7, 11) is 0. The normalized spacial score (nSPS) is 13.8. The van der Waals surface area contributed by atoms with Gasteiger partial charge in [-0.3, -0.25) is 0 Å². The molecule has 0 amide bonds. The zero-order valence-electron chi connectivity index (χ0n) is 22.0. The smallest absolute Gasteiger partial charge is 0.446 e. The van der Waals surface area contributed by atoms with Crippen LogP contribution in [0.1, 0.15) is 47.5 Å². The minimum Gasteiger partial charge on any atom is -0.446 e. The largest absolute Gasteiger partial charge is 0.463 e. The highest BCUT2D eigenvalue weighted by Gasteiger charge is 2.53. The van der Waals surface area contributed by atoms with Crippen molar-refractivity contribution in [3.63, 3.8) is 0 Å². The van der Waals surface area contributed by atoms with E-state index in [1.165, 1.54) is 24.3 Å². The lowest BCUT2D eigenvalue weighted by atomic mass is 10.1. The third kappa shape index (κ3) is 14.7. The summed E-state index contributed by atoms with van der Waals surface area (Å²) in [5, 5.41) is 0. The Balaban J connectivity index is 6.69. The summed E-state index contributed by atoms with van der Waals surface area (Å²) in [6.45, 7) is 8.76. The van der Waals surface area contributed by atoms with E-state index in [0.717, 1.165) is 24.3 Å². The average molecular weight is 513 g/mol. The highest BCUT2D eigenvalue weighted by Crippen LogP contribution is 2.29. The second-order valence-electron chi connectivity index (χ2n) is 7.12. The van der Waals surface area contributed by atoms with Gasteiger partial charge < -0.3 is 18.9 Å². The van der Waals surface area contributed by atoms with Crippen molar-refractivity contribution in [1.29, 1.82) is 0 Å².